The van der Waals surface area contributed by atoms with E-state index in [1.54, 1.807) is 29.5 Å². The largest absolute Gasteiger partial charge is 0.350 e. The fraction of sp³-hybridized carbons (Fsp3) is 0.294. The first-order chi connectivity index (χ1) is 11.6. The number of thioether (sulfide) groups is 1. The summed E-state index contributed by atoms with van der Waals surface area (Å²) in [5.41, 5.74) is 0. The van der Waals surface area contributed by atoms with Gasteiger partial charge in [-0.25, -0.2) is 4.39 Å². The molecule has 24 heavy (non-hydrogen) atoms. The number of nitrogens with one attached hydrogen (secondary N) is 1. The SMILES string of the molecule is CCN(CC(=O)NCc1cccs1)C(=O)CSc1ccccc1F. The van der Waals surface area contributed by atoms with Gasteiger partial charge in [-0.1, -0.05) is 18.2 Å². The normalized spacial score (nSPS) is 10.4. The summed E-state index contributed by atoms with van der Waals surface area (Å²) >= 11 is 2.71. The van der Waals surface area contributed by atoms with Crippen LogP contribution in [0, 0.1) is 5.82 Å². The Bertz CT molecular complexity index is 677. The van der Waals surface area contributed by atoms with Crippen molar-refractivity contribution >= 4 is 34.9 Å². The second-order valence-electron chi connectivity index (χ2n) is 4.98. The van der Waals surface area contributed by atoms with Gasteiger partial charge in [0.2, 0.25) is 11.8 Å². The van der Waals surface area contributed by atoms with Gasteiger partial charge in [0.15, 0.2) is 0 Å². The van der Waals surface area contributed by atoms with Gasteiger partial charge in [-0.2, -0.15) is 0 Å². The highest BCUT2D eigenvalue weighted by molar-refractivity contribution is 8.00. The predicted octanol–water partition coefficient (Wildman–Crippen LogP) is 3.14. The standard InChI is InChI=1S/C17H19FN2O2S2/c1-2-20(11-16(21)19-10-13-6-5-9-23-13)17(22)12-24-15-8-4-3-7-14(15)18/h3-9H,2,10-12H2,1H3,(H,19,21). The smallest absolute Gasteiger partial charge is 0.239 e. The van der Waals surface area contributed by atoms with E-state index in [-0.39, 0.29) is 29.9 Å². The molecule has 0 spiro atoms. The van der Waals surface area contributed by atoms with Crippen LogP contribution in [0.25, 0.3) is 0 Å². The number of hydrogen-bond acceptors (Lipinski definition) is 4. The van der Waals surface area contributed by atoms with Gasteiger partial charge in [0, 0.05) is 16.3 Å². The number of benzene rings is 1. The van der Waals surface area contributed by atoms with Crippen LogP contribution < -0.4 is 5.32 Å². The van der Waals surface area contributed by atoms with Crippen LogP contribution >= 0.6 is 23.1 Å². The summed E-state index contributed by atoms with van der Waals surface area (Å²) in [4.78, 5) is 27.2. The van der Waals surface area contributed by atoms with Crippen molar-refractivity contribution in [3.05, 3.63) is 52.5 Å². The Labute approximate surface area is 149 Å². The quantitative estimate of drug-likeness (QED) is 0.730. The van der Waals surface area contributed by atoms with Crippen molar-refractivity contribution in [1.82, 2.24) is 10.2 Å². The van der Waals surface area contributed by atoms with Gasteiger partial charge in [0.05, 0.1) is 18.8 Å². The summed E-state index contributed by atoms with van der Waals surface area (Å²) in [7, 11) is 0. The molecule has 2 aromatic rings. The maximum atomic E-state index is 13.6. The van der Waals surface area contributed by atoms with E-state index in [0.717, 1.165) is 16.6 Å². The molecule has 0 aliphatic rings. The van der Waals surface area contributed by atoms with Crippen molar-refractivity contribution in [3.63, 3.8) is 0 Å². The minimum atomic E-state index is -0.341. The minimum absolute atomic E-state index is 0.0124. The molecule has 0 aliphatic carbocycles. The Morgan fingerprint density at radius 2 is 2.04 bits per heavy atom. The van der Waals surface area contributed by atoms with Gasteiger partial charge >= 0.3 is 0 Å². The highest BCUT2D eigenvalue weighted by Crippen LogP contribution is 2.21. The van der Waals surface area contributed by atoms with Crippen LogP contribution in [0.4, 0.5) is 4.39 Å². The number of thiophene rings is 1. The number of rotatable bonds is 8. The molecule has 0 saturated carbocycles. The first kappa shape index (κ1) is 18.5. The monoisotopic (exact) mass is 366 g/mol. The second kappa shape index (κ2) is 9.44. The van der Waals surface area contributed by atoms with Gasteiger partial charge < -0.3 is 10.2 Å². The molecule has 7 heteroatoms. The third kappa shape index (κ3) is 5.65. The number of halogens is 1. The lowest BCUT2D eigenvalue weighted by Crippen LogP contribution is -2.41. The zero-order valence-electron chi connectivity index (χ0n) is 13.3. The van der Waals surface area contributed by atoms with Crippen LogP contribution in [-0.2, 0) is 16.1 Å². The molecule has 1 aromatic carbocycles. The van der Waals surface area contributed by atoms with Crippen molar-refractivity contribution < 1.29 is 14.0 Å². The molecule has 0 fully saturated rings. The fourth-order valence-corrected chi connectivity index (χ4v) is 3.48. The highest BCUT2D eigenvalue weighted by atomic mass is 32.2. The highest BCUT2D eigenvalue weighted by Gasteiger charge is 2.16. The van der Waals surface area contributed by atoms with E-state index in [1.807, 2.05) is 24.4 Å². The summed E-state index contributed by atoms with van der Waals surface area (Å²) in [6.45, 7) is 2.73. The molecule has 1 N–H and O–H groups in total. The van der Waals surface area contributed by atoms with Crippen LogP contribution in [0.5, 0.6) is 0 Å². The summed E-state index contributed by atoms with van der Waals surface area (Å²) in [5.74, 6) is -0.619. The third-order valence-corrected chi connectivity index (χ3v) is 5.21. The predicted molar refractivity (Wildman–Crippen MR) is 95.5 cm³/mol. The Hall–Kier alpha value is -1.86. The zero-order chi connectivity index (χ0) is 17.4. The fourth-order valence-electron chi connectivity index (χ4n) is 2.00. The Kier molecular flexibility index (Phi) is 7.27. The molecule has 2 amide bonds. The average molecular weight is 366 g/mol. The van der Waals surface area contributed by atoms with Crippen molar-refractivity contribution in [2.45, 2.75) is 18.4 Å². The molecular weight excluding hydrogens is 347 g/mol. The maximum absolute atomic E-state index is 13.6. The minimum Gasteiger partial charge on any atom is -0.350 e. The number of likely N-dealkylation sites (N-methyl/N-ethyl adjacent to an activating group) is 1. The molecule has 0 atom stereocenters. The molecule has 0 unspecified atom stereocenters. The van der Waals surface area contributed by atoms with Crippen LogP contribution in [0.3, 0.4) is 0 Å². The van der Waals surface area contributed by atoms with Gasteiger partial charge in [0.25, 0.3) is 0 Å². The second-order valence-corrected chi connectivity index (χ2v) is 7.03. The van der Waals surface area contributed by atoms with Crippen molar-refractivity contribution in [2.75, 3.05) is 18.8 Å². The van der Waals surface area contributed by atoms with Gasteiger partial charge in [-0.15, -0.1) is 23.1 Å². The molecule has 0 bridgehead atoms. The van der Waals surface area contributed by atoms with Gasteiger partial charge in [-0.05, 0) is 30.5 Å². The van der Waals surface area contributed by atoms with Crippen LogP contribution in [-0.4, -0.2) is 35.6 Å². The maximum Gasteiger partial charge on any atom is 0.239 e. The van der Waals surface area contributed by atoms with E-state index in [4.69, 9.17) is 0 Å². The van der Waals surface area contributed by atoms with Crippen LogP contribution in [0.15, 0.2) is 46.7 Å². The van der Waals surface area contributed by atoms with Crippen LogP contribution in [0.1, 0.15) is 11.8 Å². The lowest BCUT2D eigenvalue weighted by Gasteiger charge is -2.20. The van der Waals surface area contributed by atoms with Gasteiger partial charge in [0.1, 0.15) is 5.82 Å². The molecule has 0 aliphatic heterocycles. The first-order valence-electron chi connectivity index (χ1n) is 7.54. The summed E-state index contributed by atoms with van der Waals surface area (Å²) in [6.07, 6.45) is 0. The molecule has 128 valence electrons. The Balaban J connectivity index is 1.80. The average Bonchev–Trinajstić information content (AvgIpc) is 3.10. The van der Waals surface area contributed by atoms with E-state index < -0.39 is 0 Å². The number of hydrogen-bond donors (Lipinski definition) is 1. The van der Waals surface area contributed by atoms with E-state index in [2.05, 4.69) is 5.32 Å². The summed E-state index contributed by atoms with van der Waals surface area (Å²) < 4.78 is 13.6. The van der Waals surface area contributed by atoms with Crippen LogP contribution in [0.2, 0.25) is 0 Å². The van der Waals surface area contributed by atoms with Gasteiger partial charge in [-0.3, -0.25) is 9.59 Å². The molecule has 1 heterocycles. The molecule has 0 radical (unpaired) electrons. The van der Waals surface area contributed by atoms with E-state index in [0.29, 0.717) is 18.0 Å². The number of amides is 2. The molecule has 4 nitrogen and oxygen atoms in total. The Morgan fingerprint density at radius 3 is 2.71 bits per heavy atom. The molecule has 0 saturated heterocycles. The van der Waals surface area contributed by atoms with Crippen molar-refractivity contribution in [1.29, 1.82) is 0 Å². The number of nitrogens with zero attached hydrogens (tertiary/aromatic N) is 1. The van der Waals surface area contributed by atoms with Crippen molar-refractivity contribution in [3.8, 4) is 0 Å². The lowest BCUT2D eigenvalue weighted by molar-refractivity contribution is -0.133. The first-order valence-corrected chi connectivity index (χ1v) is 9.41. The molecular formula is C17H19FN2O2S2. The molecule has 1 aromatic heterocycles. The Morgan fingerprint density at radius 1 is 1.25 bits per heavy atom. The topological polar surface area (TPSA) is 49.4 Å². The number of carbonyl (C=O) groups excluding carboxylic acids is 2. The summed E-state index contributed by atoms with van der Waals surface area (Å²) in [6, 6.07) is 10.2. The zero-order valence-corrected chi connectivity index (χ0v) is 15.0. The third-order valence-electron chi connectivity index (χ3n) is 3.30. The molecule has 2 rings (SSSR count). The van der Waals surface area contributed by atoms with E-state index in [9.17, 15) is 14.0 Å². The van der Waals surface area contributed by atoms with E-state index >= 15 is 0 Å². The van der Waals surface area contributed by atoms with Crippen molar-refractivity contribution in [2.24, 2.45) is 0 Å². The van der Waals surface area contributed by atoms with E-state index in [1.165, 1.54) is 11.0 Å². The number of carbonyl (C=O) groups is 2. The summed E-state index contributed by atoms with van der Waals surface area (Å²) in [5, 5.41) is 4.75. The lowest BCUT2D eigenvalue weighted by atomic mass is 10.3.